The molecule has 1 heterocycles. The summed E-state index contributed by atoms with van der Waals surface area (Å²) in [5, 5.41) is 12.6. The van der Waals surface area contributed by atoms with E-state index in [1.54, 1.807) is 30.3 Å². The SMILES string of the molecule is C=CCN1C(=O)C(Cc2ccc(O)cc2)NC1=S. The first kappa shape index (κ1) is 12.6. The number of carbonyl (C=O) groups is 1. The summed E-state index contributed by atoms with van der Waals surface area (Å²) in [5.41, 5.74) is 0.974. The summed E-state index contributed by atoms with van der Waals surface area (Å²) < 4.78 is 0. The van der Waals surface area contributed by atoms with Gasteiger partial charge in [0.1, 0.15) is 11.8 Å². The Morgan fingerprint density at radius 3 is 2.72 bits per heavy atom. The molecule has 1 fully saturated rings. The number of thiocarbonyl (C=S) groups is 1. The van der Waals surface area contributed by atoms with Crippen LogP contribution in [0.25, 0.3) is 0 Å². The van der Waals surface area contributed by atoms with Gasteiger partial charge in [0.05, 0.1) is 0 Å². The van der Waals surface area contributed by atoms with E-state index in [1.807, 2.05) is 0 Å². The van der Waals surface area contributed by atoms with Gasteiger partial charge in [-0.3, -0.25) is 9.69 Å². The maximum Gasteiger partial charge on any atom is 0.251 e. The van der Waals surface area contributed by atoms with Crippen LogP contribution in [0.15, 0.2) is 36.9 Å². The Kier molecular flexibility index (Phi) is 3.62. The molecule has 0 bridgehead atoms. The molecule has 0 radical (unpaired) electrons. The molecular weight excluding hydrogens is 248 g/mol. The number of phenols is 1. The lowest BCUT2D eigenvalue weighted by molar-refractivity contribution is -0.126. The molecule has 1 aliphatic rings. The molecule has 1 atom stereocenters. The lowest BCUT2D eigenvalue weighted by atomic mass is 10.1. The van der Waals surface area contributed by atoms with Crippen molar-refractivity contribution < 1.29 is 9.90 Å². The first-order valence-electron chi connectivity index (χ1n) is 5.62. The van der Waals surface area contributed by atoms with Crippen LogP contribution in [0.3, 0.4) is 0 Å². The number of carbonyl (C=O) groups excluding carboxylic acids is 1. The summed E-state index contributed by atoms with van der Waals surface area (Å²) in [6.07, 6.45) is 2.20. The fourth-order valence-corrected chi connectivity index (χ4v) is 2.19. The van der Waals surface area contributed by atoms with E-state index in [1.165, 1.54) is 4.90 Å². The van der Waals surface area contributed by atoms with Crippen LogP contribution in [0.5, 0.6) is 5.75 Å². The first-order valence-corrected chi connectivity index (χ1v) is 6.03. The number of amides is 1. The van der Waals surface area contributed by atoms with Crippen LogP contribution in [0.4, 0.5) is 0 Å². The molecule has 1 aromatic carbocycles. The summed E-state index contributed by atoms with van der Waals surface area (Å²) in [5.74, 6) is 0.182. The highest BCUT2D eigenvalue weighted by Crippen LogP contribution is 2.15. The van der Waals surface area contributed by atoms with E-state index >= 15 is 0 Å². The van der Waals surface area contributed by atoms with Crippen LogP contribution in [-0.4, -0.2) is 33.6 Å². The van der Waals surface area contributed by atoms with Gasteiger partial charge in [0.15, 0.2) is 5.11 Å². The van der Waals surface area contributed by atoms with Crippen molar-refractivity contribution in [2.24, 2.45) is 0 Å². The molecule has 0 aliphatic carbocycles. The second-order valence-corrected chi connectivity index (χ2v) is 4.50. The van der Waals surface area contributed by atoms with Crippen molar-refractivity contribution in [3.63, 3.8) is 0 Å². The molecule has 2 N–H and O–H groups in total. The van der Waals surface area contributed by atoms with Crippen molar-refractivity contribution in [3.05, 3.63) is 42.5 Å². The Bertz CT molecular complexity index is 484. The monoisotopic (exact) mass is 262 g/mol. The Hall–Kier alpha value is -1.88. The van der Waals surface area contributed by atoms with Crippen molar-refractivity contribution in [2.75, 3.05) is 6.54 Å². The van der Waals surface area contributed by atoms with Gasteiger partial charge in [-0.2, -0.15) is 0 Å². The van der Waals surface area contributed by atoms with Crippen molar-refractivity contribution in [1.29, 1.82) is 0 Å². The summed E-state index contributed by atoms with van der Waals surface area (Å²) >= 11 is 5.10. The van der Waals surface area contributed by atoms with Gasteiger partial charge < -0.3 is 10.4 Å². The topological polar surface area (TPSA) is 52.6 Å². The van der Waals surface area contributed by atoms with Gasteiger partial charge >= 0.3 is 0 Å². The number of aromatic hydroxyl groups is 1. The standard InChI is InChI=1S/C13H14N2O2S/c1-2-7-15-12(17)11(14-13(15)18)8-9-3-5-10(16)6-4-9/h2-6,11,16H,1,7-8H2,(H,14,18). The van der Waals surface area contributed by atoms with Gasteiger partial charge in [0, 0.05) is 13.0 Å². The minimum atomic E-state index is -0.331. The summed E-state index contributed by atoms with van der Waals surface area (Å²) in [6.45, 7) is 4.03. The van der Waals surface area contributed by atoms with E-state index in [4.69, 9.17) is 12.2 Å². The Morgan fingerprint density at radius 1 is 1.44 bits per heavy atom. The third-order valence-electron chi connectivity index (χ3n) is 2.79. The molecule has 0 saturated carbocycles. The zero-order valence-corrected chi connectivity index (χ0v) is 10.6. The van der Waals surface area contributed by atoms with Crippen LogP contribution in [0.2, 0.25) is 0 Å². The molecule has 1 unspecified atom stereocenters. The van der Waals surface area contributed by atoms with E-state index < -0.39 is 0 Å². The van der Waals surface area contributed by atoms with Crippen LogP contribution in [0, 0.1) is 0 Å². The lowest BCUT2D eigenvalue weighted by Crippen LogP contribution is -2.32. The lowest BCUT2D eigenvalue weighted by Gasteiger charge is -2.11. The normalized spacial score (nSPS) is 18.9. The van der Waals surface area contributed by atoms with Crippen LogP contribution >= 0.6 is 12.2 Å². The number of hydrogen-bond donors (Lipinski definition) is 2. The van der Waals surface area contributed by atoms with E-state index in [9.17, 15) is 9.90 Å². The number of nitrogens with one attached hydrogen (secondary N) is 1. The number of benzene rings is 1. The molecule has 5 heteroatoms. The molecular formula is C13H14N2O2S. The largest absolute Gasteiger partial charge is 0.508 e. The number of nitrogens with zero attached hydrogens (tertiary/aromatic N) is 1. The highest BCUT2D eigenvalue weighted by Gasteiger charge is 2.34. The van der Waals surface area contributed by atoms with E-state index in [0.717, 1.165) is 5.56 Å². The third-order valence-corrected chi connectivity index (χ3v) is 3.13. The average molecular weight is 262 g/mol. The van der Waals surface area contributed by atoms with Crippen molar-refractivity contribution in [2.45, 2.75) is 12.5 Å². The summed E-state index contributed by atoms with van der Waals surface area (Å²) in [7, 11) is 0. The fraction of sp³-hybridized carbons (Fsp3) is 0.231. The molecule has 4 nitrogen and oxygen atoms in total. The van der Waals surface area contributed by atoms with E-state index in [2.05, 4.69) is 11.9 Å². The second kappa shape index (κ2) is 5.18. The quantitative estimate of drug-likeness (QED) is 0.632. The Labute approximate surface area is 111 Å². The van der Waals surface area contributed by atoms with Crippen molar-refractivity contribution in [3.8, 4) is 5.75 Å². The number of hydrogen-bond acceptors (Lipinski definition) is 3. The minimum Gasteiger partial charge on any atom is -0.508 e. The number of rotatable bonds is 4. The van der Waals surface area contributed by atoms with Gasteiger partial charge in [0.25, 0.3) is 5.91 Å². The molecule has 1 aliphatic heterocycles. The highest BCUT2D eigenvalue weighted by molar-refractivity contribution is 7.80. The zero-order valence-electron chi connectivity index (χ0n) is 9.80. The Balaban J connectivity index is 2.07. The average Bonchev–Trinajstić information content (AvgIpc) is 2.60. The second-order valence-electron chi connectivity index (χ2n) is 4.11. The number of phenolic OH excluding ortho intramolecular Hbond substituents is 1. The minimum absolute atomic E-state index is 0.0343. The van der Waals surface area contributed by atoms with Gasteiger partial charge in [-0.15, -0.1) is 6.58 Å². The maximum absolute atomic E-state index is 12.1. The third kappa shape index (κ3) is 2.51. The maximum atomic E-state index is 12.1. The molecule has 2 rings (SSSR count). The molecule has 1 saturated heterocycles. The summed E-state index contributed by atoms with van der Waals surface area (Å²) in [6, 6.07) is 6.47. The molecule has 0 spiro atoms. The first-order chi connectivity index (χ1) is 8.61. The Morgan fingerprint density at radius 2 is 2.11 bits per heavy atom. The van der Waals surface area contributed by atoms with Crippen molar-refractivity contribution >= 4 is 23.2 Å². The van der Waals surface area contributed by atoms with Crippen LogP contribution in [0.1, 0.15) is 5.56 Å². The fourth-order valence-electron chi connectivity index (χ4n) is 1.88. The molecule has 1 amide bonds. The van der Waals surface area contributed by atoms with Gasteiger partial charge in [-0.1, -0.05) is 18.2 Å². The predicted molar refractivity (Wildman–Crippen MR) is 73.2 cm³/mol. The molecule has 94 valence electrons. The highest BCUT2D eigenvalue weighted by atomic mass is 32.1. The van der Waals surface area contributed by atoms with E-state index in [-0.39, 0.29) is 17.7 Å². The van der Waals surface area contributed by atoms with Gasteiger partial charge in [0.2, 0.25) is 0 Å². The molecule has 18 heavy (non-hydrogen) atoms. The van der Waals surface area contributed by atoms with Gasteiger partial charge in [-0.05, 0) is 29.9 Å². The van der Waals surface area contributed by atoms with E-state index in [0.29, 0.717) is 18.1 Å². The summed E-state index contributed by atoms with van der Waals surface area (Å²) in [4.78, 5) is 13.6. The zero-order chi connectivity index (χ0) is 13.1. The van der Waals surface area contributed by atoms with Crippen LogP contribution < -0.4 is 5.32 Å². The smallest absolute Gasteiger partial charge is 0.251 e. The van der Waals surface area contributed by atoms with Gasteiger partial charge in [-0.25, -0.2) is 0 Å². The van der Waals surface area contributed by atoms with Crippen molar-refractivity contribution in [1.82, 2.24) is 10.2 Å². The molecule has 0 aromatic heterocycles. The predicted octanol–water partition coefficient (Wildman–Crippen LogP) is 1.21. The molecule has 1 aromatic rings. The van der Waals surface area contributed by atoms with Crippen LogP contribution in [-0.2, 0) is 11.2 Å².